The minimum Gasteiger partial charge on any atom is -0.312 e. The van der Waals surface area contributed by atoms with Gasteiger partial charge in [-0.1, -0.05) is 17.7 Å². The van der Waals surface area contributed by atoms with Crippen molar-refractivity contribution in [1.29, 1.82) is 0 Å². The minimum atomic E-state index is 0.562. The van der Waals surface area contributed by atoms with E-state index in [-0.39, 0.29) is 0 Å². The highest BCUT2D eigenvalue weighted by molar-refractivity contribution is 6.29. The molecule has 0 spiro atoms. The third kappa shape index (κ3) is 3.16. The largest absolute Gasteiger partial charge is 0.312 e. The van der Waals surface area contributed by atoms with E-state index >= 15 is 0 Å². The lowest BCUT2D eigenvalue weighted by atomic mass is 10.2. The molecule has 2 heterocycles. The summed E-state index contributed by atoms with van der Waals surface area (Å²) in [6, 6.07) is 4.48. The molecule has 2 rings (SSSR count). The summed E-state index contributed by atoms with van der Waals surface area (Å²) in [7, 11) is 0. The van der Waals surface area contributed by atoms with E-state index in [0.717, 1.165) is 26.2 Å². The highest BCUT2D eigenvalue weighted by Crippen LogP contribution is 2.09. The van der Waals surface area contributed by atoms with Crippen LogP contribution in [0.2, 0.25) is 5.15 Å². The molecule has 0 saturated carbocycles. The van der Waals surface area contributed by atoms with Crippen LogP contribution in [0.4, 0.5) is 0 Å². The molecule has 0 bridgehead atoms. The quantitative estimate of drug-likeness (QED) is 0.774. The molecule has 1 atom stereocenters. The first-order chi connectivity index (χ1) is 7.24. The van der Waals surface area contributed by atoms with Crippen molar-refractivity contribution >= 4 is 11.6 Å². The number of nitrogens with one attached hydrogen (secondary N) is 1. The summed E-state index contributed by atoms with van der Waals surface area (Å²) in [5, 5.41) is 3.99. The number of hydrogen-bond acceptors (Lipinski definition) is 3. The van der Waals surface area contributed by atoms with Gasteiger partial charge in [-0.25, -0.2) is 4.98 Å². The van der Waals surface area contributed by atoms with Crippen LogP contribution in [0.3, 0.4) is 0 Å². The minimum absolute atomic E-state index is 0.562. The van der Waals surface area contributed by atoms with Gasteiger partial charge in [-0.3, -0.25) is 4.90 Å². The molecule has 0 aromatic carbocycles. The van der Waals surface area contributed by atoms with Gasteiger partial charge in [0.05, 0.1) is 0 Å². The Bertz CT molecular complexity index is 312. The van der Waals surface area contributed by atoms with Gasteiger partial charge in [0, 0.05) is 38.4 Å². The molecule has 1 fully saturated rings. The summed E-state index contributed by atoms with van der Waals surface area (Å²) in [6.45, 7) is 6.46. The predicted molar refractivity (Wildman–Crippen MR) is 62.0 cm³/mol. The average Bonchev–Trinajstić information content (AvgIpc) is 2.22. The molecule has 0 amide bonds. The first-order valence-corrected chi connectivity index (χ1v) is 5.68. The second-order valence-corrected chi connectivity index (χ2v) is 4.47. The fourth-order valence-corrected chi connectivity index (χ4v) is 2.03. The zero-order valence-corrected chi connectivity index (χ0v) is 9.67. The molecule has 0 radical (unpaired) electrons. The van der Waals surface area contributed by atoms with Gasteiger partial charge < -0.3 is 5.32 Å². The molecular weight excluding hydrogens is 210 g/mol. The Hall–Kier alpha value is -0.640. The first-order valence-electron chi connectivity index (χ1n) is 5.30. The van der Waals surface area contributed by atoms with Crippen LogP contribution in [-0.4, -0.2) is 35.6 Å². The summed E-state index contributed by atoms with van der Waals surface area (Å²) >= 11 is 5.74. The summed E-state index contributed by atoms with van der Waals surface area (Å²) in [4.78, 5) is 6.52. The van der Waals surface area contributed by atoms with Crippen molar-refractivity contribution in [1.82, 2.24) is 15.2 Å². The highest BCUT2D eigenvalue weighted by Gasteiger charge is 2.15. The Balaban J connectivity index is 1.93. The maximum atomic E-state index is 5.74. The Morgan fingerprint density at radius 2 is 2.47 bits per heavy atom. The van der Waals surface area contributed by atoms with Crippen LogP contribution in [-0.2, 0) is 6.54 Å². The van der Waals surface area contributed by atoms with Crippen LogP contribution < -0.4 is 5.32 Å². The molecular formula is C11H16ClN3. The van der Waals surface area contributed by atoms with Gasteiger partial charge in [0.15, 0.2) is 0 Å². The zero-order valence-electron chi connectivity index (χ0n) is 8.91. The van der Waals surface area contributed by atoms with E-state index < -0.39 is 0 Å². The van der Waals surface area contributed by atoms with E-state index in [1.807, 2.05) is 18.3 Å². The molecule has 82 valence electrons. The second-order valence-electron chi connectivity index (χ2n) is 4.08. The van der Waals surface area contributed by atoms with Crippen molar-refractivity contribution in [2.75, 3.05) is 19.6 Å². The zero-order chi connectivity index (χ0) is 10.7. The lowest BCUT2D eigenvalue weighted by Gasteiger charge is -2.31. The Kier molecular flexibility index (Phi) is 3.57. The van der Waals surface area contributed by atoms with Crippen LogP contribution in [0.25, 0.3) is 0 Å². The Labute approximate surface area is 95.4 Å². The normalized spacial score (nSPS) is 22.9. The SMILES string of the molecule is C[C@@H]1CN(Cc2ccc(Cl)nc2)CCN1. The average molecular weight is 226 g/mol. The van der Waals surface area contributed by atoms with Gasteiger partial charge in [-0.2, -0.15) is 0 Å². The topological polar surface area (TPSA) is 28.2 Å². The number of halogens is 1. The molecule has 1 aromatic rings. The maximum absolute atomic E-state index is 5.74. The van der Waals surface area contributed by atoms with Gasteiger partial charge in [-0.05, 0) is 18.6 Å². The number of aromatic nitrogens is 1. The molecule has 1 N–H and O–H groups in total. The first kappa shape index (κ1) is 10.9. The van der Waals surface area contributed by atoms with Gasteiger partial charge in [0.2, 0.25) is 0 Å². The van der Waals surface area contributed by atoms with E-state index in [9.17, 15) is 0 Å². The van der Waals surface area contributed by atoms with E-state index in [2.05, 4.69) is 22.1 Å². The van der Waals surface area contributed by atoms with Crippen LogP contribution in [0.5, 0.6) is 0 Å². The van der Waals surface area contributed by atoms with Crippen molar-refractivity contribution < 1.29 is 0 Å². The molecule has 1 aliphatic heterocycles. The highest BCUT2D eigenvalue weighted by atomic mass is 35.5. The standard InChI is InChI=1S/C11H16ClN3/c1-9-7-15(5-4-13-9)8-10-2-3-11(12)14-6-10/h2-3,6,9,13H,4-5,7-8H2,1H3/t9-/m1/s1. The van der Waals surface area contributed by atoms with Gasteiger partial charge in [0.1, 0.15) is 5.15 Å². The van der Waals surface area contributed by atoms with Crippen LogP contribution in [0, 0.1) is 0 Å². The molecule has 1 aromatic heterocycles. The molecule has 1 saturated heterocycles. The third-order valence-corrected chi connectivity index (χ3v) is 2.87. The summed E-state index contributed by atoms with van der Waals surface area (Å²) in [5.74, 6) is 0. The maximum Gasteiger partial charge on any atom is 0.129 e. The van der Waals surface area contributed by atoms with Gasteiger partial charge >= 0.3 is 0 Å². The molecule has 0 unspecified atom stereocenters. The Morgan fingerprint density at radius 3 is 3.13 bits per heavy atom. The van der Waals surface area contributed by atoms with Gasteiger partial charge in [0.25, 0.3) is 0 Å². The number of nitrogens with zero attached hydrogens (tertiary/aromatic N) is 2. The summed E-state index contributed by atoms with van der Waals surface area (Å²) < 4.78 is 0. The monoisotopic (exact) mass is 225 g/mol. The van der Waals surface area contributed by atoms with E-state index in [1.54, 1.807) is 0 Å². The molecule has 3 nitrogen and oxygen atoms in total. The predicted octanol–water partition coefficient (Wildman–Crippen LogP) is 1.53. The van der Waals surface area contributed by atoms with E-state index in [4.69, 9.17) is 11.6 Å². The van der Waals surface area contributed by atoms with Crippen molar-refractivity contribution in [3.8, 4) is 0 Å². The van der Waals surface area contributed by atoms with Crippen molar-refractivity contribution in [3.63, 3.8) is 0 Å². The number of pyridine rings is 1. The Morgan fingerprint density at radius 1 is 1.60 bits per heavy atom. The van der Waals surface area contributed by atoms with Crippen LogP contribution in [0.15, 0.2) is 18.3 Å². The molecule has 4 heteroatoms. The number of piperazine rings is 1. The third-order valence-electron chi connectivity index (χ3n) is 2.65. The van der Waals surface area contributed by atoms with Crippen molar-refractivity contribution in [2.45, 2.75) is 19.5 Å². The van der Waals surface area contributed by atoms with Gasteiger partial charge in [-0.15, -0.1) is 0 Å². The number of hydrogen-bond donors (Lipinski definition) is 1. The van der Waals surface area contributed by atoms with Crippen LogP contribution >= 0.6 is 11.6 Å². The fourth-order valence-electron chi connectivity index (χ4n) is 1.91. The van der Waals surface area contributed by atoms with E-state index in [1.165, 1.54) is 5.56 Å². The lowest BCUT2D eigenvalue weighted by molar-refractivity contribution is 0.199. The summed E-state index contributed by atoms with van der Waals surface area (Å²) in [5.41, 5.74) is 1.23. The summed E-state index contributed by atoms with van der Waals surface area (Å²) in [6.07, 6.45) is 1.86. The van der Waals surface area contributed by atoms with E-state index in [0.29, 0.717) is 11.2 Å². The van der Waals surface area contributed by atoms with Crippen molar-refractivity contribution in [3.05, 3.63) is 29.0 Å². The molecule has 0 aliphatic carbocycles. The molecule has 1 aliphatic rings. The van der Waals surface area contributed by atoms with Crippen LogP contribution in [0.1, 0.15) is 12.5 Å². The fraction of sp³-hybridized carbons (Fsp3) is 0.545. The van der Waals surface area contributed by atoms with Crippen molar-refractivity contribution in [2.24, 2.45) is 0 Å². The number of rotatable bonds is 2. The smallest absolute Gasteiger partial charge is 0.129 e. The molecule has 15 heavy (non-hydrogen) atoms. The lowest BCUT2D eigenvalue weighted by Crippen LogP contribution is -2.48. The second kappa shape index (κ2) is 4.92.